The molecule has 0 aliphatic heterocycles. The van der Waals surface area contributed by atoms with E-state index in [0.717, 1.165) is 0 Å². The number of hydrogen-bond acceptors (Lipinski definition) is 3. The fourth-order valence-electron chi connectivity index (χ4n) is 0.999. The van der Waals surface area contributed by atoms with Gasteiger partial charge in [0.2, 0.25) is 0 Å². The molecule has 0 bridgehead atoms. The van der Waals surface area contributed by atoms with E-state index >= 15 is 0 Å². The summed E-state index contributed by atoms with van der Waals surface area (Å²) in [5.74, 6) is -0.788. The minimum Gasteiger partial charge on any atom is -0.506 e. The first-order chi connectivity index (χ1) is 6.57. The van der Waals surface area contributed by atoms with E-state index < -0.39 is 5.75 Å². The van der Waals surface area contributed by atoms with Crippen LogP contribution in [0.1, 0.15) is 16.8 Å². The predicted molar refractivity (Wildman–Crippen MR) is 54.4 cm³/mol. The Kier molecular flexibility index (Phi) is 3.61. The lowest BCUT2D eigenvalue weighted by Crippen LogP contribution is -2.00. The highest BCUT2D eigenvalue weighted by atomic mass is 35.5. The second-order valence-electron chi connectivity index (χ2n) is 2.66. The molecule has 1 aromatic rings. The molecule has 0 spiro atoms. The van der Waals surface area contributed by atoms with E-state index in [1.807, 2.05) is 0 Å². The van der Waals surface area contributed by atoms with Crippen LogP contribution < -0.4 is 0 Å². The van der Waals surface area contributed by atoms with Crippen LogP contribution in [0.5, 0.6) is 11.5 Å². The lowest BCUT2D eigenvalue weighted by molar-refractivity contribution is 0.0986. The lowest BCUT2D eigenvalue weighted by atomic mass is 10.1. The monoisotopic (exact) mass is 234 g/mol. The highest BCUT2D eigenvalue weighted by molar-refractivity contribution is 6.34. The van der Waals surface area contributed by atoms with E-state index in [-0.39, 0.29) is 34.4 Å². The molecule has 0 atom stereocenters. The quantitative estimate of drug-likeness (QED) is 0.625. The van der Waals surface area contributed by atoms with Gasteiger partial charge in [0.1, 0.15) is 16.5 Å². The molecule has 76 valence electrons. The van der Waals surface area contributed by atoms with Crippen LogP contribution in [0.15, 0.2) is 12.1 Å². The number of halogens is 2. The summed E-state index contributed by atoms with van der Waals surface area (Å²) < 4.78 is 0. The van der Waals surface area contributed by atoms with Gasteiger partial charge in [0.15, 0.2) is 5.78 Å². The van der Waals surface area contributed by atoms with Crippen molar-refractivity contribution in [1.29, 1.82) is 0 Å². The molecular weight excluding hydrogens is 227 g/mol. The van der Waals surface area contributed by atoms with Crippen LogP contribution in [0.3, 0.4) is 0 Å². The van der Waals surface area contributed by atoms with E-state index in [0.29, 0.717) is 0 Å². The first-order valence-electron chi connectivity index (χ1n) is 3.87. The third kappa shape index (κ3) is 2.11. The molecule has 1 rings (SSSR count). The molecule has 0 radical (unpaired) electrons. The molecule has 14 heavy (non-hydrogen) atoms. The molecule has 0 saturated carbocycles. The number of benzene rings is 1. The second-order valence-corrected chi connectivity index (χ2v) is 3.41. The van der Waals surface area contributed by atoms with Crippen LogP contribution in [-0.4, -0.2) is 21.9 Å². The van der Waals surface area contributed by atoms with Gasteiger partial charge >= 0.3 is 0 Å². The Hall–Kier alpha value is -0.930. The van der Waals surface area contributed by atoms with Gasteiger partial charge in [-0.15, -0.1) is 11.6 Å². The van der Waals surface area contributed by atoms with Crippen LogP contribution in [-0.2, 0) is 0 Å². The molecule has 2 N–H and O–H groups in total. The van der Waals surface area contributed by atoms with Crippen LogP contribution in [0.4, 0.5) is 0 Å². The van der Waals surface area contributed by atoms with Gasteiger partial charge in [0.25, 0.3) is 0 Å². The second kappa shape index (κ2) is 4.53. The maximum absolute atomic E-state index is 11.3. The molecule has 1 aromatic carbocycles. The maximum atomic E-state index is 11.3. The van der Waals surface area contributed by atoms with Crippen LogP contribution >= 0.6 is 23.2 Å². The zero-order valence-electron chi connectivity index (χ0n) is 7.13. The van der Waals surface area contributed by atoms with E-state index in [1.54, 1.807) is 0 Å². The number of Topliss-reactive ketones (excluding diaryl/α,β-unsaturated/α-hetero) is 1. The number of hydrogen-bond donors (Lipinski definition) is 2. The Morgan fingerprint density at radius 1 is 1.36 bits per heavy atom. The van der Waals surface area contributed by atoms with Crippen molar-refractivity contribution in [3.05, 3.63) is 22.7 Å². The SMILES string of the molecule is O=C(CCCl)c1ccc(O)c(Cl)c1O. The average molecular weight is 235 g/mol. The summed E-state index contributed by atoms with van der Waals surface area (Å²) in [4.78, 5) is 11.3. The molecule has 0 aliphatic carbocycles. The van der Waals surface area contributed by atoms with Gasteiger partial charge in [0.05, 0.1) is 5.56 Å². The molecule has 0 aliphatic rings. The average Bonchev–Trinajstić information content (AvgIpc) is 2.15. The van der Waals surface area contributed by atoms with E-state index in [4.69, 9.17) is 28.3 Å². The normalized spacial score (nSPS) is 10.1. The molecule has 0 unspecified atom stereocenters. The molecular formula is C9H8Cl2O3. The molecule has 0 saturated heterocycles. The Labute approximate surface area is 90.9 Å². The highest BCUT2D eigenvalue weighted by Gasteiger charge is 2.15. The van der Waals surface area contributed by atoms with Gasteiger partial charge < -0.3 is 10.2 Å². The zero-order chi connectivity index (χ0) is 10.7. The van der Waals surface area contributed by atoms with Crippen molar-refractivity contribution in [2.24, 2.45) is 0 Å². The largest absolute Gasteiger partial charge is 0.506 e. The van der Waals surface area contributed by atoms with Crippen molar-refractivity contribution in [3.8, 4) is 11.5 Å². The Morgan fingerprint density at radius 3 is 2.57 bits per heavy atom. The van der Waals surface area contributed by atoms with Gasteiger partial charge in [-0.2, -0.15) is 0 Å². The van der Waals surface area contributed by atoms with Gasteiger partial charge in [-0.05, 0) is 12.1 Å². The van der Waals surface area contributed by atoms with E-state index in [1.165, 1.54) is 12.1 Å². The molecule has 0 aromatic heterocycles. The summed E-state index contributed by atoms with van der Waals surface area (Å²) in [5.41, 5.74) is 0.0773. The van der Waals surface area contributed by atoms with Crippen molar-refractivity contribution in [2.45, 2.75) is 6.42 Å². The van der Waals surface area contributed by atoms with Crippen molar-refractivity contribution in [3.63, 3.8) is 0 Å². The van der Waals surface area contributed by atoms with Crippen molar-refractivity contribution < 1.29 is 15.0 Å². The molecule has 3 nitrogen and oxygen atoms in total. The summed E-state index contributed by atoms with van der Waals surface area (Å²) in [6, 6.07) is 2.56. The van der Waals surface area contributed by atoms with Gasteiger partial charge in [-0.25, -0.2) is 0 Å². The van der Waals surface area contributed by atoms with Gasteiger partial charge in [-0.1, -0.05) is 11.6 Å². The standard InChI is InChI=1S/C9H8Cl2O3/c10-4-3-6(12)5-1-2-7(13)8(11)9(5)14/h1-2,13-14H,3-4H2. The topological polar surface area (TPSA) is 57.5 Å². The maximum Gasteiger partial charge on any atom is 0.167 e. The minimum absolute atomic E-state index is 0.0773. The molecule has 0 heterocycles. The van der Waals surface area contributed by atoms with E-state index in [9.17, 15) is 9.90 Å². The van der Waals surface area contributed by atoms with Crippen molar-refractivity contribution in [2.75, 3.05) is 5.88 Å². The number of aromatic hydroxyl groups is 2. The van der Waals surface area contributed by atoms with Gasteiger partial charge in [0, 0.05) is 12.3 Å². The van der Waals surface area contributed by atoms with Crippen LogP contribution in [0.25, 0.3) is 0 Å². The Morgan fingerprint density at radius 2 is 2.00 bits per heavy atom. The number of carbonyl (C=O) groups is 1. The lowest BCUT2D eigenvalue weighted by Gasteiger charge is -2.05. The Bertz CT molecular complexity index is 363. The third-order valence-electron chi connectivity index (χ3n) is 1.72. The summed E-state index contributed by atoms with van der Waals surface area (Å²) in [6.45, 7) is 0. The summed E-state index contributed by atoms with van der Waals surface area (Å²) >= 11 is 10.9. The smallest absolute Gasteiger partial charge is 0.167 e. The summed E-state index contributed by atoms with van der Waals surface area (Å²) in [7, 11) is 0. The van der Waals surface area contributed by atoms with Crippen molar-refractivity contribution >= 4 is 29.0 Å². The van der Waals surface area contributed by atoms with Crippen LogP contribution in [0, 0.1) is 0 Å². The minimum atomic E-state index is -0.401. The van der Waals surface area contributed by atoms with E-state index in [2.05, 4.69) is 0 Å². The fraction of sp³-hybridized carbons (Fsp3) is 0.222. The summed E-state index contributed by atoms with van der Waals surface area (Å²) in [6.07, 6.45) is 0.121. The number of phenols is 2. The highest BCUT2D eigenvalue weighted by Crippen LogP contribution is 2.35. The zero-order valence-corrected chi connectivity index (χ0v) is 8.64. The first kappa shape index (κ1) is 11.1. The number of rotatable bonds is 3. The third-order valence-corrected chi connectivity index (χ3v) is 2.28. The predicted octanol–water partition coefficient (Wildman–Crippen LogP) is 2.56. The molecule has 0 fully saturated rings. The Balaban J connectivity index is 3.11. The van der Waals surface area contributed by atoms with Gasteiger partial charge in [-0.3, -0.25) is 4.79 Å². The van der Waals surface area contributed by atoms with Crippen molar-refractivity contribution in [1.82, 2.24) is 0 Å². The number of carbonyl (C=O) groups excluding carboxylic acids is 1. The number of phenolic OH excluding ortho intramolecular Hbond substituents is 2. The summed E-state index contributed by atoms with van der Waals surface area (Å²) in [5, 5.41) is 18.3. The molecule has 0 amide bonds. The number of alkyl halides is 1. The first-order valence-corrected chi connectivity index (χ1v) is 4.78. The number of ketones is 1. The van der Waals surface area contributed by atoms with Crippen LogP contribution in [0.2, 0.25) is 5.02 Å². The fourth-order valence-corrected chi connectivity index (χ4v) is 1.34. The molecule has 5 heteroatoms.